The average Bonchev–Trinajstić information content (AvgIpc) is 2.25. The molecule has 0 saturated heterocycles. The lowest BCUT2D eigenvalue weighted by Gasteiger charge is -2.20. The summed E-state index contributed by atoms with van der Waals surface area (Å²) in [5.41, 5.74) is -2.70. The Morgan fingerprint density at radius 2 is 1.22 bits per heavy atom. The summed E-state index contributed by atoms with van der Waals surface area (Å²) in [5.74, 6) is -2.23. The van der Waals surface area contributed by atoms with Gasteiger partial charge < -0.3 is 10.2 Å². The Morgan fingerprint density at radius 3 is 1.39 bits per heavy atom. The third-order valence-electron chi connectivity index (χ3n) is 2.13. The molecule has 0 aromatic carbocycles. The number of azo groups is 1. The van der Waals surface area contributed by atoms with Gasteiger partial charge in [0.25, 0.3) is 0 Å². The first-order valence-corrected chi connectivity index (χ1v) is 5.00. The van der Waals surface area contributed by atoms with Crippen LogP contribution in [0.4, 0.5) is 0 Å². The predicted octanol–water partition coefficient (Wildman–Crippen LogP) is 1.22. The number of aliphatic imine (C=N–C) groups is 2. The zero-order valence-electron chi connectivity index (χ0n) is 10.3. The van der Waals surface area contributed by atoms with E-state index in [4.69, 9.17) is 10.2 Å². The maximum Gasteiger partial charge on any atom is 0.307 e. The van der Waals surface area contributed by atoms with Crippen molar-refractivity contribution in [3.8, 4) is 0 Å². The van der Waals surface area contributed by atoms with Gasteiger partial charge >= 0.3 is 11.9 Å². The molecule has 0 aliphatic rings. The zero-order valence-corrected chi connectivity index (χ0v) is 10.3. The minimum Gasteiger partial charge on any atom is -0.481 e. The Morgan fingerprint density at radius 1 is 0.944 bits per heavy atom. The van der Waals surface area contributed by atoms with Gasteiger partial charge in [0.15, 0.2) is 11.3 Å². The largest absolute Gasteiger partial charge is 0.481 e. The topological polar surface area (TPSA) is 124 Å². The SMILES string of the molecule is C=NC(C)(CC(=O)O)/N=N\C(C)(CC(=O)O)N=C. The van der Waals surface area contributed by atoms with E-state index in [9.17, 15) is 9.59 Å². The monoisotopic (exact) mass is 256 g/mol. The summed E-state index contributed by atoms with van der Waals surface area (Å²) in [6, 6.07) is 0. The molecule has 0 aromatic rings. The van der Waals surface area contributed by atoms with Crippen molar-refractivity contribution < 1.29 is 19.8 Å². The van der Waals surface area contributed by atoms with Crippen LogP contribution < -0.4 is 0 Å². The Hall–Kier alpha value is -2.12. The van der Waals surface area contributed by atoms with Gasteiger partial charge in [0, 0.05) is 0 Å². The lowest BCUT2D eigenvalue weighted by Crippen LogP contribution is -2.27. The number of rotatable bonds is 8. The normalized spacial score (nSPS) is 17.7. The second-order valence-corrected chi connectivity index (χ2v) is 4.09. The van der Waals surface area contributed by atoms with E-state index in [1.807, 2.05) is 0 Å². The fourth-order valence-electron chi connectivity index (χ4n) is 1.03. The number of nitrogens with zero attached hydrogens (tertiary/aromatic N) is 4. The molecule has 2 atom stereocenters. The summed E-state index contributed by atoms with van der Waals surface area (Å²) in [6.45, 7) is 9.32. The number of carboxylic acid groups (broad SMARTS) is 2. The Labute approximate surface area is 104 Å². The summed E-state index contributed by atoms with van der Waals surface area (Å²) in [6.07, 6.45) is -0.805. The van der Waals surface area contributed by atoms with Crippen LogP contribution in [0.5, 0.6) is 0 Å². The maximum absolute atomic E-state index is 10.6. The molecule has 100 valence electrons. The number of aliphatic carboxylic acids is 2. The van der Waals surface area contributed by atoms with Gasteiger partial charge in [0.05, 0.1) is 12.8 Å². The summed E-state index contributed by atoms with van der Waals surface area (Å²) >= 11 is 0. The van der Waals surface area contributed by atoms with Gasteiger partial charge in [-0.05, 0) is 27.3 Å². The van der Waals surface area contributed by atoms with Gasteiger partial charge in [0.2, 0.25) is 0 Å². The number of hydrogen-bond donors (Lipinski definition) is 2. The van der Waals surface area contributed by atoms with E-state index in [0.717, 1.165) is 0 Å². The Kier molecular flexibility index (Phi) is 5.28. The first-order chi connectivity index (χ1) is 8.16. The molecule has 0 aliphatic carbocycles. The lowest BCUT2D eigenvalue weighted by atomic mass is 10.1. The van der Waals surface area contributed by atoms with Gasteiger partial charge in [0.1, 0.15) is 0 Å². The summed E-state index contributed by atoms with van der Waals surface area (Å²) in [5, 5.41) is 24.8. The second-order valence-electron chi connectivity index (χ2n) is 4.09. The molecule has 8 nitrogen and oxygen atoms in total. The summed E-state index contributed by atoms with van der Waals surface area (Å²) < 4.78 is 0. The maximum atomic E-state index is 10.6. The standard InChI is InChI=1S/C10H16N4O4/c1-9(11-3,5-7(15)16)13-14-10(2,12-4)6-8(17)18/h3-6H2,1-2H3,(H,15,16)(H,17,18)/b14-13-. The quantitative estimate of drug-likeness (QED) is 0.500. The fourth-order valence-corrected chi connectivity index (χ4v) is 1.03. The average molecular weight is 256 g/mol. The van der Waals surface area contributed by atoms with Gasteiger partial charge in [-0.25, -0.2) is 0 Å². The highest BCUT2D eigenvalue weighted by Crippen LogP contribution is 2.23. The molecule has 0 rings (SSSR count). The van der Waals surface area contributed by atoms with E-state index >= 15 is 0 Å². The zero-order chi connectivity index (χ0) is 14.4. The smallest absolute Gasteiger partial charge is 0.307 e. The highest BCUT2D eigenvalue weighted by Gasteiger charge is 2.30. The molecule has 0 aromatic heterocycles. The van der Waals surface area contributed by atoms with Crippen LogP contribution in [0, 0.1) is 0 Å². The van der Waals surface area contributed by atoms with E-state index in [1.165, 1.54) is 13.8 Å². The van der Waals surface area contributed by atoms with Gasteiger partial charge in [-0.2, -0.15) is 10.2 Å². The molecule has 2 N–H and O–H groups in total. The molecule has 0 heterocycles. The molecule has 0 saturated carbocycles. The Balaban J connectivity index is 5.06. The predicted molar refractivity (Wildman–Crippen MR) is 65.3 cm³/mol. The van der Waals surface area contributed by atoms with Crippen molar-refractivity contribution in [1.29, 1.82) is 0 Å². The molecule has 0 spiro atoms. The minimum atomic E-state index is -1.35. The highest BCUT2D eigenvalue weighted by molar-refractivity contribution is 5.69. The van der Waals surface area contributed by atoms with Crippen molar-refractivity contribution >= 4 is 25.4 Å². The minimum absolute atomic E-state index is 0.402. The van der Waals surface area contributed by atoms with Crippen LogP contribution in [0.15, 0.2) is 20.2 Å². The van der Waals surface area contributed by atoms with Crippen LogP contribution in [0.2, 0.25) is 0 Å². The van der Waals surface area contributed by atoms with E-state index in [0.29, 0.717) is 0 Å². The molecule has 8 heteroatoms. The fraction of sp³-hybridized carbons (Fsp3) is 0.600. The molecule has 18 heavy (non-hydrogen) atoms. The van der Waals surface area contributed by atoms with E-state index in [2.05, 4.69) is 33.6 Å². The van der Waals surface area contributed by atoms with Crippen molar-refractivity contribution in [2.45, 2.75) is 38.0 Å². The molecule has 2 unspecified atom stereocenters. The molecule has 0 bridgehead atoms. The van der Waals surface area contributed by atoms with Crippen molar-refractivity contribution in [2.24, 2.45) is 20.2 Å². The van der Waals surface area contributed by atoms with E-state index in [-0.39, 0.29) is 0 Å². The third-order valence-corrected chi connectivity index (χ3v) is 2.13. The van der Waals surface area contributed by atoms with Gasteiger partial charge in [-0.15, -0.1) is 0 Å². The molecular formula is C10H16N4O4. The van der Waals surface area contributed by atoms with Crippen molar-refractivity contribution in [2.75, 3.05) is 0 Å². The van der Waals surface area contributed by atoms with Gasteiger partial charge in [-0.1, -0.05) is 0 Å². The Bertz CT molecular complexity index is 359. The third kappa shape index (κ3) is 5.28. The lowest BCUT2D eigenvalue weighted by molar-refractivity contribution is -0.139. The van der Waals surface area contributed by atoms with Crippen molar-refractivity contribution in [3.63, 3.8) is 0 Å². The molecule has 0 radical (unpaired) electrons. The molecule has 0 amide bonds. The highest BCUT2D eigenvalue weighted by atomic mass is 16.4. The molecule has 0 fully saturated rings. The first kappa shape index (κ1) is 15.9. The second kappa shape index (κ2) is 5.99. The van der Waals surface area contributed by atoms with Crippen molar-refractivity contribution in [1.82, 2.24) is 0 Å². The van der Waals surface area contributed by atoms with E-state index < -0.39 is 36.1 Å². The van der Waals surface area contributed by atoms with Crippen LogP contribution in [-0.4, -0.2) is 46.9 Å². The molecular weight excluding hydrogens is 240 g/mol. The van der Waals surface area contributed by atoms with Gasteiger partial charge in [-0.3, -0.25) is 19.6 Å². The summed E-state index contributed by atoms with van der Waals surface area (Å²) in [4.78, 5) is 28.4. The number of carbonyl (C=O) groups is 2. The molecule has 0 aliphatic heterocycles. The van der Waals surface area contributed by atoms with E-state index in [1.54, 1.807) is 0 Å². The summed E-state index contributed by atoms with van der Waals surface area (Å²) in [7, 11) is 0. The van der Waals surface area contributed by atoms with Crippen LogP contribution in [0.25, 0.3) is 0 Å². The van der Waals surface area contributed by atoms with Crippen LogP contribution in [0.1, 0.15) is 26.7 Å². The number of carboxylic acids is 2. The number of hydrogen-bond acceptors (Lipinski definition) is 6. The van der Waals surface area contributed by atoms with Crippen LogP contribution in [0.3, 0.4) is 0 Å². The van der Waals surface area contributed by atoms with Crippen LogP contribution in [-0.2, 0) is 9.59 Å². The first-order valence-electron chi connectivity index (χ1n) is 5.00. The van der Waals surface area contributed by atoms with Crippen molar-refractivity contribution in [3.05, 3.63) is 0 Å². The van der Waals surface area contributed by atoms with Crippen LogP contribution >= 0.6 is 0 Å².